The fourth-order valence-electron chi connectivity index (χ4n) is 0.888. The Morgan fingerprint density at radius 2 is 1.85 bits per heavy atom. The maximum Gasteiger partial charge on any atom is 0.238 e. The van der Waals surface area contributed by atoms with Gasteiger partial charge in [0.25, 0.3) is 0 Å². The van der Waals surface area contributed by atoms with Gasteiger partial charge >= 0.3 is 0 Å². The Kier molecular flexibility index (Phi) is 2.66. The van der Waals surface area contributed by atoms with E-state index in [4.69, 9.17) is 10.4 Å². The van der Waals surface area contributed by atoms with E-state index in [0.29, 0.717) is 0 Å². The number of nitriles is 1. The molecular weight excluding hydrogens is 188 g/mol. The lowest BCUT2D eigenvalue weighted by atomic mass is 10.2. The summed E-state index contributed by atoms with van der Waals surface area (Å²) in [6.07, 6.45) is 0.269. The second kappa shape index (κ2) is 3.56. The summed E-state index contributed by atoms with van der Waals surface area (Å²) in [4.78, 5) is 0.0641. The van der Waals surface area contributed by atoms with Crippen molar-refractivity contribution in [3.8, 4) is 6.07 Å². The SMILES string of the molecule is N#CCc1ccc(S(N)(=O)=O)cc1. The Morgan fingerprint density at radius 3 is 2.23 bits per heavy atom. The number of benzene rings is 1. The molecule has 0 unspecified atom stereocenters. The molecule has 0 aliphatic heterocycles. The van der Waals surface area contributed by atoms with Crippen molar-refractivity contribution in [3.63, 3.8) is 0 Å². The second-order valence-corrected chi connectivity index (χ2v) is 4.09. The Labute approximate surface area is 76.7 Å². The molecule has 68 valence electrons. The van der Waals surface area contributed by atoms with Crippen LogP contribution in [-0.4, -0.2) is 8.42 Å². The van der Waals surface area contributed by atoms with E-state index in [9.17, 15) is 8.42 Å². The zero-order valence-electron chi connectivity index (χ0n) is 6.77. The average Bonchev–Trinajstić information content (AvgIpc) is 2.04. The van der Waals surface area contributed by atoms with Crippen LogP contribution in [0.2, 0.25) is 0 Å². The van der Waals surface area contributed by atoms with Crippen LogP contribution >= 0.6 is 0 Å². The smallest absolute Gasteiger partial charge is 0.225 e. The summed E-state index contributed by atoms with van der Waals surface area (Å²) >= 11 is 0. The van der Waals surface area contributed by atoms with E-state index in [1.165, 1.54) is 12.1 Å². The minimum absolute atomic E-state index is 0.0641. The molecule has 0 saturated heterocycles. The molecule has 0 amide bonds. The predicted octanol–water partition coefficient (Wildman–Crippen LogP) is 0.400. The molecule has 0 saturated carbocycles. The van der Waals surface area contributed by atoms with Crippen molar-refractivity contribution < 1.29 is 8.42 Å². The van der Waals surface area contributed by atoms with Gasteiger partial charge in [-0.25, -0.2) is 13.6 Å². The Bertz CT molecular complexity index is 428. The van der Waals surface area contributed by atoms with Crippen molar-refractivity contribution in [2.24, 2.45) is 5.14 Å². The van der Waals surface area contributed by atoms with E-state index < -0.39 is 10.0 Å². The molecule has 0 aromatic heterocycles. The van der Waals surface area contributed by atoms with Crippen LogP contribution in [0.5, 0.6) is 0 Å². The molecule has 1 aromatic rings. The molecule has 13 heavy (non-hydrogen) atoms. The number of rotatable bonds is 2. The third-order valence-electron chi connectivity index (χ3n) is 1.54. The molecule has 1 aromatic carbocycles. The van der Waals surface area contributed by atoms with Crippen molar-refractivity contribution in [2.45, 2.75) is 11.3 Å². The number of nitrogens with zero attached hydrogens (tertiary/aromatic N) is 1. The highest BCUT2D eigenvalue weighted by Crippen LogP contribution is 2.08. The van der Waals surface area contributed by atoms with Crippen molar-refractivity contribution >= 4 is 10.0 Å². The van der Waals surface area contributed by atoms with Crippen LogP contribution in [-0.2, 0) is 16.4 Å². The van der Waals surface area contributed by atoms with Crippen LogP contribution in [0, 0.1) is 11.3 Å². The highest BCUT2D eigenvalue weighted by molar-refractivity contribution is 7.89. The maximum absolute atomic E-state index is 10.8. The van der Waals surface area contributed by atoms with Gasteiger partial charge in [0.2, 0.25) is 10.0 Å². The first-order chi connectivity index (χ1) is 6.04. The fraction of sp³-hybridized carbons (Fsp3) is 0.125. The van der Waals surface area contributed by atoms with Crippen LogP contribution in [0.25, 0.3) is 0 Å². The zero-order chi connectivity index (χ0) is 9.90. The largest absolute Gasteiger partial charge is 0.238 e. The molecule has 0 aliphatic rings. The minimum atomic E-state index is -3.62. The van der Waals surface area contributed by atoms with Crippen molar-refractivity contribution in [2.75, 3.05) is 0 Å². The van der Waals surface area contributed by atoms with Gasteiger partial charge in [0.1, 0.15) is 0 Å². The van der Waals surface area contributed by atoms with E-state index in [1.54, 1.807) is 12.1 Å². The molecule has 0 spiro atoms. The Morgan fingerprint density at radius 1 is 1.31 bits per heavy atom. The first-order valence-corrected chi connectivity index (χ1v) is 5.07. The van der Waals surface area contributed by atoms with Gasteiger partial charge in [0.05, 0.1) is 17.4 Å². The summed E-state index contributed by atoms with van der Waals surface area (Å²) in [5.41, 5.74) is 0.773. The van der Waals surface area contributed by atoms with Gasteiger partial charge in [0, 0.05) is 0 Å². The summed E-state index contributed by atoms with van der Waals surface area (Å²) in [5, 5.41) is 13.2. The summed E-state index contributed by atoms with van der Waals surface area (Å²) in [7, 11) is -3.62. The molecule has 0 radical (unpaired) electrons. The number of hydrogen-bond donors (Lipinski definition) is 1. The van der Waals surface area contributed by atoms with E-state index >= 15 is 0 Å². The Balaban J connectivity index is 3.03. The monoisotopic (exact) mass is 196 g/mol. The molecule has 0 bridgehead atoms. The van der Waals surface area contributed by atoms with E-state index in [1.807, 2.05) is 6.07 Å². The van der Waals surface area contributed by atoms with Crippen LogP contribution in [0.1, 0.15) is 5.56 Å². The zero-order valence-corrected chi connectivity index (χ0v) is 7.58. The quantitative estimate of drug-likeness (QED) is 0.743. The normalized spacial score (nSPS) is 10.8. The van der Waals surface area contributed by atoms with E-state index in [-0.39, 0.29) is 11.3 Å². The molecule has 2 N–H and O–H groups in total. The summed E-state index contributed by atoms with van der Waals surface area (Å²) in [6, 6.07) is 7.89. The molecule has 0 atom stereocenters. The van der Waals surface area contributed by atoms with Gasteiger partial charge in [-0.1, -0.05) is 12.1 Å². The number of hydrogen-bond acceptors (Lipinski definition) is 3. The van der Waals surface area contributed by atoms with E-state index in [2.05, 4.69) is 0 Å². The van der Waals surface area contributed by atoms with E-state index in [0.717, 1.165) is 5.56 Å². The maximum atomic E-state index is 10.8. The van der Waals surface area contributed by atoms with Gasteiger partial charge in [-0.05, 0) is 17.7 Å². The molecule has 1 rings (SSSR count). The molecule has 0 heterocycles. The number of primary sulfonamides is 1. The summed E-state index contributed by atoms with van der Waals surface area (Å²) < 4.78 is 21.6. The van der Waals surface area contributed by atoms with Crippen LogP contribution < -0.4 is 5.14 Å². The minimum Gasteiger partial charge on any atom is -0.225 e. The van der Waals surface area contributed by atoms with Crippen molar-refractivity contribution in [1.29, 1.82) is 5.26 Å². The van der Waals surface area contributed by atoms with Gasteiger partial charge in [0.15, 0.2) is 0 Å². The lowest BCUT2D eigenvalue weighted by molar-refractivity contribution is 0.598. The van der Waals surface area contributed by atoms with Crippen LogP contribution in [0.3, 0.4) is 0 Å². The topological polar surface area (TPSA) is 83.9 Å². The second-order valence-electron chi connectivity index (χ2n) is 2.52. The summed E-state index contributed by atoms with van der Waals surface area (Å²) in [6.45, 7) is 0. The average molecular weight is 196 g/mol. The van der Waals surface area contributed by atoms with Crippen molar-refractivity contribution in [1.82, 2.24) is 0 Å². The third-order valence-corrected chi connectivity index (χ3v) is 2.46. The molecular formula is C8H8N2O2S. The first-order valence-electron chi connectivity index (χ1n) is 3.53. The first kappa shape index (κ1) is 9.71. The lowest BCUT2D eigenvalue weighted by Crippen LogP contribution is -2.11. The Hall–Kier alpha value is -1.38. The fourth-order valence-corrected chi connectivity index (χ4v) is 1.40. The molecule has 5 heteroatoms. The van der Waals surface area contributed by atoms with Crippen LogP contribution in [0.15, 0.2) is 29.2 Å². The number of sulfonamides is 1. The highest BCUT2D eigenvalue weighted by Gasteiger charge is 2.05. The molecule has 0 aliphatic carbocycles. The van der Waals surface area contributed by atoms with Gasteiger partial charge in [-0.3, -0.25) is 0 Å². The van der Waals surface area contributed by atoms with Gasteiger partial charge in [-0.2, -0.15) is 5.26 Å². The molecule has 4 nitrogen and oxygen atoms in total. The third kappa shape index (κ3) is 2.54. The lowest BCUT2D eigenvalue weighted by Gasteiger charge is -1.98. The van der Waals surface area contributed by atoms with Crippen LogP contribution in [0.4, 0.5) is 0 Å². The molecule has 0 fully saturated rings. The number of nitrogens with two attached hydrogens (primary N) is 1. The predicted molar refractivity (Wildman–Crippen MR) is 47.1 cm³/mol. The van der Waals surface area contributed by atoms with Gasteiger partial charge in [-0.15, -0.1) is 0 Å². The highest BCUT2D eigenvalue weighted by atomic mass is 32.2. The van der Waals surface area contributed by atoms with Crippen molar-refractivity contribution in [3.05, 3.63) is 29.8 Å². The standard InChI is InChI=1S/C8H8N2O2S/c9-6-5-7-1-3-8(4-2-7)13(10,11)12/h1-4H,5H2,(H2,10,11,12). The summed E-state index contributed by atoms with van der Waals surface area (Å²) in [5.74, 6) is 0. The van der Waals surface area contributed by atoms with Gasteiger partial charge < -0.3 is 0 Å².